The molecule has 1 aromatic carbocycles. The van der Waals surface area contributed by atoms with Crippen molar-refractivity contribution in [2.75, 3.05) is 7.05 Å². The van der Waals surface area contributed by atoms with Crippen molar-refractivity contribution in [1.29, 1.82) is 0 Å². The topological polar surface area (TPSA) is 53.8 Å². The Balaban J connectivity index is 2.71. The predicted octanol–water partition coefficient (Wildman–Crippen LogP) is 3.45. The van der Waals surface area contributed by atoms with Crippen LogP contribution in [0.4, 0.5) is 5.69 Å². The third-order valence-electron chi connectivity index (χ3n) is 2.25. The van der Waals surface area contributed by atoms with Crippen LogP contribution in [0, 0.1) is 0 Å². The van der Waals surface area contributed by atoms with Crippen LogP contribution in [-0.2, 0) is 4.79 Å². The van der Waals surface area contributed by atoms with Gasteiger partial charge in [-0.3, -0.25) is 4.79 Å². The number of likely N-dealkylation sites (N-methyl/N-ethyl adjacent to an activating group) is 1. The normalized spacial score (nSPS) is 12.6. The molecule has 1 atom stereocenters. The van der Waals surface area contributed by atoms with E-state index < -0.39 is 6.04 Å². The van der Waals surface area contributed by atoms with E-state index in [4.69, 9.17) is 0 Å². The summed E-state index contributed by atoms with van der Waals surface area (Å²) in [5.41, 5.74) is 0.748. The standard InChI is InChI=1S/C12H16BrN3O/c1-3-4-11(12(17)14-2)16-15-10-7-5-9(13)6-8-10/h5-8,11H,3-4H2,1-2H3,(H,14,17). The summed E-state index contributed by atoms with van der Waals surface area (Å²) in [6.07, 6.45) is 1.61. The highest BCUT2D eigenvalue weighted by molar-refractivity contribution is 9.10. The zero-order chi connectivity index (χ0) is 12.7. The smallest absolute Gasteiger partial charge is 0.246 e. The van der Waals surface area contributed by atoms with Crippen molar-refractivity contribution in [2.45, 2.75) is 25.8 Å². The summed E-state index contributed by atoms with van der Waals surface area (Å²) in [5.74, 6) is -0.0901. The van der Waals surface area contributed by atoms with Gasteiger partial charge >= 0.3 is 0 Å². The summed E-state index contributed by atoms with van der Waals surface area (Å²) in [7, 11) is 1.61. The lowest BCUT2D eigenvalue weighted by Gasteiger charge is -2.07. The molecule has 0 saturated heterocycles. The minimum absolute atomic E-state index is 0.0901. The highest BCUT2D eigenvalue weighted by atomic mass is 79.9. The molecule has 1 rings (SSSR count). The Morgan fingerprint density at radius 3 is 2.59 bits per heavy atom. The number of benzene rings is 1. The van der Waals surface area contributed by atoms with Crippen LogP contribution in [-0.4, -0.2) is 19.0 Å². The minimum atomic E-state index is -0.395. The van der Waals surface area contributed by atoms with Crippen LogP contribution in [0.5, 0.6) is 0 Å². The molecule has 0 bridgehead atoms. The number of nitrogens with one attached hydrogen (secondary N) is 1. The Morgan fingerprint density at radius 1 is 1.41 bits per heavy atom. The molecule has 0 aliphatic carbocycles. The van der Waals surface area contributed by atoms with Crippen molar-refractivity contribution in [3.05, 3.63) is 28.7 Å². The van der Waals surface area contributed by atoms with Crippen LogP contribution in [0.15, 0.2) is 39.0 Å². The number of amides is 1. The Labute approximate surface area is 110 Å². The number of carbonyl (C=O) groups excluding carboxylic acids is 1. The summed E-state index contributed by atoms with van der Waals surface area (Å²) < 4.78 is 0.993. The summed E-state index contributed by atoms with van der Waals surface area (Å²) in [6.45, 7) is 2.02. The first-order chi connectivity index (χ1) is 8.17. The lowest BCUT2D eigenvalue weighted by Crippen LogP contribution is -2.30. The Morgan fingerprint density at radius 2 is 2.06 bits per heavy atom. The first-order valence-electron chi connectivity index (χ1n) is 5.55. The van der Waals surface area contributed by atoms with Gasteiger partial charge in [-0.05, 0) is 30.7 Å². The van der Waals surface area contributed by atoms with E-state index in [1.807, 2.05) is 31.2 Å². The maximum atomic E-state index is 11.5. The summed E-state index contributed by atoms with van der Waals surface area (Å²) >= 11 is 3.35. The fraction of sp³-hybridized carbons (Fsp3) is 0.417. The van der Waals surface area contributed by atoms with E-state index >= 15 is 0 Å². The molecular weight excluding hydrogens is 282 g/mol. The summed E-state index contributed by atoms with van der Waals surface area (Å²) in [4.78, 5) is 11.5. The van der Waals surface area contributed by atoms with E-state index in [9.17, 15) is 4.79 Å². The van der Waals surface area contributed by atoms with Crippen LogP contribution >= 0.6 is 15.9 Å². The molecule has 0 heterocycles. The second-order valence-electron chi connectivity index (χ2n) is 3.61. The van der Waals surface area contributed by atoms with Crippen molar-refractivity contribution in [2.24, 2.45) is 10.2 Å². The van der Waals surface area contributed by atoms with Crippen LogP contribution in [0.2, 0.25) is 0 Å². The zero-order valence-electron chi connectivity index (χ0n) is 9.98. The highest BCUT2D eigenvalue weighted by Crippen LogP contribution is 2.18. The molecule has 4 nitrogen and oxygen atoms in total. The molecule has 1 unspecified atom stereocenters. The molecule has 0 radical (unpaired) electrons. The zero-order valence-corrected chi connectivity index (χ0v) is 11.6. The molecule has 0 saturated carbocycles. The van der Waals surface area contributed by atoms with Crippen molar-refractivity contribution in [3.8, 4) is 0 Å². The molecular formula is C12H16BrN3O. The monoisotopic (exact) mass is 297 g/mol. The maximum absolute atomic E-state index is 11.5. The molecule has 1 N–H and O–H groups in total. The van der Waals surface area contributed by atoms with Crippen LogP contribution in [0.3, 0.4) is 0 Å². The molecule has 1 aromatic rings. The lowest BCUT2D eigenvalue weighted by molar-refractivity contribution is -0.122. The molecule has 1 amide bonds. The van der Waals surface area contributed by atoms with Gasteiger partial charge in [0.05, 0.1) is 5.69 Å². The molecule has 0 spiro atoms. The SMILES string of the molecule is CCCC(N=Nc1ccc(Br)cc1)C(=O)NC. The van der Waals surface area contributed by atoms with Crippen molar-refractivity contribution in [3.63, 3.8) is 0 Å². The molecule has 0 aliphatic rings. The first kappa shape index (κ1) is 13.8. The highest BCUT2D eigenvalue weighted by Gasteiger charge is 2.14. The van der Waals surface area contributed by atoms with Crippen molar-refractivity contribution < 1.29 is 4.79 Å². The lowest BCUT2D eigenvalue weighted by atomic mass is 10.2. The van der Waals surface area contributed by atoms with Gasteiger partial charge in [-0.15, -0.1) is 0 Å². The van der Waals surface area contributed by atoms with Gasteiger partial charge in [-0.1, -0.05) is 29.3 Å². The second kappa shape index (κ2) is 7.17. The second-order valence-corrected chi connectivity index (χ2v) is 4.53. The van der Waals surface area contributed by atoms with Gasteiger partial charge < -0.3 is 5.32 Å². The maximum Gasteiger partial charge on any atom is 0.246 e. The fourth-order valence-corrected chi connectivity index (χ4v) is 1.59. The molecule has 0 aliphatic heterocycles. The van der Waals surface area contributed by atoms with Crippen LogP contribution in [0.25, 0.3) is 0 Å². The number of carbonyl (C=O) groups is 1. The average Bonchev–Trinajstić information content (AvgIpc) is 2.35. The van der Waals surface area contributed by atoms with E-state index in [-0.39, 0.29) is 5.91 Å². The number of hydrogen-bond donors (Lipinski definition) is 1. The third kappa shape index (κ3) is 4.65. The summed E-state index contributed by atoms with van der Waals surface area (Å²) in [6, 6.07) is 7.08. The third-order valence-corrected chi connectivity index (χ3v) is 2.78. The molecule has 0 aromatic heterocycles. The van der Waals surface area contributed by atoms with Gasteiger partial charge in [0, 0.05) is 11.5 Å². The van der Waals surface area contributed by atoms with Crippen LogP contribution in [0.1, 0.15) is 19.8 Å². The van der Waals surface area contributed by atoms with E-state index in [1.54, 1.807) is 7.05 Å². The van der Waals surface area contributed by atoms with Gasteiger partial charge in [0.25, 0.3) is 0 Å². The number of halogens is 1. The van der Waals surface area contributed by atoms with E-state index in [0.717, 1.165) is 16.6 Å². The largest absolute Gasteiger partial charge is 0.357 e. The van der Waals surface area contributed by atoms with Crippen molar-refractivity contribution >= 4 is 27.5 Å². The number of hydrogen-bond acceptors (Lipinski definition) is 3. The van der Waals surface area contributed by atoms with E-state index in [0.29, 0.717) is 6.42 Å². The average molecular weight is 298 g/mol. The number of rotatable bonds is 5. The van der Waals surface area contributed by atoms with Gasteiger partial charge in [-0.25, -0.2) is 0 Å². The van der Waals surface area contributed by atoms with E-state index in [2.05, 4.69) is 31.5 Å². The molecule has 5 heteroatoms. The minimum Gasteiger partial charge on any atom is -0.357 e. The Kier molecular flexibility index (Phi) is 5.83. The summed E-state index contributed by atoms with van der Waals surface area (Å²) in [5, 5.41) is 10.8. The van der Waals surface area contributed by atoms with Crippen molar-refractivity contribution in [1.82, 2.24) is 5.32 Å². The molecule has 17 heavy (non-hydrogen) atoms. The Hall–Kier alpha value is -1.23. The van der Waals surface area contributed by atoms with Gasteiger partial charge in [-0.2, -0.15) is 10.2 Å². The first-order valence-corrected chi connectivity index (χ1v) is 6.34. The predicted molar refractivity (Wildman–Crippen MR) is 71.4 cm³/mol. The molecule has 0 fully saturated rings. The fourth-order valence-electron chi connectivity index (χ4n) is 1.33. The van der Waals surface area contributed by atoms with Crippen LogP contribution < -0.4 is 5.32 Å². The quantitative estimate of drug-likeness (QED) is 0.832. The number of nitrogens with zero attached hydrogens (tertiary/aromatic N) is 2. The van der Waals surface area contributed by atoms with Gasteiger partial charge in [0.1, 0.15) is 6.04 Å². The van der Waals surface area contributed by atoms with E-state index in [1.165, 1.54) is 0 Å². The number of azo groups is 1. The van der Waals surface area contributed by atoms with Gasteiger partial charge in [0.2, 0.25) is 5.91 Å². The molecule has 92 valence electrons. The van der Waals surface area contributed by atoms with Gasteiger partial charge in [0.15, 0.2) is 0 Å². The Bertz CT molecular complexity index is 389.